The smallest absolute Gasteiger partial charge is 0.870 e. The third-order valence-electron chi connectivity index (χ3n) is 20.0. The molecule has 0 amide bonds. The number of hydrogen-bond donors (Lipinski definition) is 3. The predicted molar refractivity (Wildman–Crippen MR) is 460 cm³/mol. The van der Waals surface area contributed by atoms with E-state index in [1.165, 1.54) is 53.0 Å². The third kappa shape index (κ3) is 25.3. The Kier molecular flexibility index (Phi) is 36.0. The van der Waals surface area contributed by atoms with Gasteiger partial charge in [-0.05, 0) is 182 Å². The first kappa shape index (κ1) is 90.5. The number of likely N-dealkylation sites (tertiary alicyclic amines) is 1. The van der Waals surface area contributed by atoms with Gasteiger partial charge >= 0.3 is 53.4 Å². The fraction of sp³-hybridized carbons (Fsp3) is 0.326. The van der Waals surface area contributed by atoms with Crippen molar-refractivity contribution < 1.29 is 84.8 Å². The molecule has 4 aliphatic rings. The minimum atomic E-state index is -1.00. The summed E-state index contributed by atoms with van der Waals surface area (Å²) in [5.41, 5.74) is 14.3. The summed E-state index contributed by atoms with van der Waals surface area (Å²) in [6, 6.07) is 60.4. The molecule has 4 N–H and O–H groups in total. The van der Waals surface area contributed by atoms with Crippen LogP contribution in [0.25, 0.3) is 89.2 Å². The summed E-state index contributed by atoms with van der Waals surface area (Å²) in [4.78, 5) is 101. The summed E-state index contributed by atoms with van der Waals surface area (Å²) in [6.45, 7) is 14.1. The van der Waals surface area contributed by atoms with Crippen molar-refractivity contribution >= 4 is 101 Å². The zero-order valence-electron chi connectivity index (χ0n) is 68.7. The van der Waals surface area contributed by atoms with Crippen molar-refractivity contribution in [3.63, 3.8) is 0 Å². The summed E-state index contributed by atoms with van der Waals surface area (Å²) >= 11 is 3.44. The van der Waals surface area contributed by atoms with Crippen LogP contribution in [0.5, 0.6) is 0 Å². The average Bonchev–Trinajstić information content (AvgIpc) is 1.03. The minimum Gasteiger partial charge on any atom is -0.870 e. The number of aliphatic hydroxyl groups is 1. The van der Waals surface area contributed by atoms with Crippen molar-refractivity contribution in [3.05, 3.63) is 221 Å². The number of rotatable bonds is 11. The molecule has 4 saturated heterocycles. The van der Waals surface area contributed by atoms with E-state index in [4.69, 9.17) is 45.9 Å². The Labute approximate surface area is 714 Å². The van der Waals surface area contributed by atoms with E-state index in [2.05, 4.69) is 101 Å². The molecule has 4 aromatic heterocycles. The second-order valence-corrected chi connectivity index (χ2v) is 28.8. The number of methoxy groups -OCH3 is 2. The number of likely N-dealkylation sites (N-methyl/N-ethyl adjacent to an activating group) is 3. The minimum absolute atomic E-state index is 0. The van der Waals surface area contributed by atoms with Gasteiger partial charge < -0.3 is 64.6 Å². The molecule has 4 aliphatic heterocycles. The van der Waals surface area contributed by atoms with Crippen LogP contribution in [0.4, 0.5) is 21.8 Å². The van der Waals surface area contributed by atoms with Crippen molar-refractivity contribution in [3.8, 4) is 45.0 Å². The summed E-state index contributed by atoms with van der Waals surface area (Å²) < 4.78 is 25.7. The Morgan fingerprint density at radius 3 is 0.906 bits per heavy atom. The number of hydrogen-bond acceptors (Lipinski definition) is 23. The number of carboxylic acids is 2. The van der Waals surface area contributed by atoms with Gasteiger partial charge in [0, 0.05) is 88.3 Å². The zero-order chi connectivity index (χ0) is 82.5. The van der Waals surface area contributed by atoms with Gasteiger partial charge in [-0.1, -0.05) is 134 Å². The molecule has 0 saturated carbocycles. The van der Waals surface area contributed by atoms with Crippen LogP contribution >= 0.6 is 15.9 Å². The van der Waals surface area contributed by atoms with E-state index in [1.54, 1.807) is 66.7 Å². The summed E-state index contributed by atoms with van der Waals surface area (Å²) in [5, 5.41) is 25.6. The van der Waals surface area contributed by atoms with Crippen LogP contribution in [0.15, 0.2) is 199 Å². The molecule has 608 valence electrons. The number of carbonyl (C=O) groups excluding carboxylic acids is 2. The maximum atomic E-state index is 11.9. The van der Waals surface area contributed by atoms with Gasteiger partial charge in [-0.2, -0.15) is 0 Å². The number of aromatic nitrogens is 8. The van der Waals surface area contributed by atoms with E-state index in [1.807, 2.05) is 115 Å². The molecule has 4 fully saturated rings. The number of ether oxygens (including phenoxy) is 2. The molecule has 0 aliphatic carbocycles. The number of halogens is 2. The number of carbonyl (C=O) groups is 4. The van der Waals surface area contributed by atoms with Gasteiger partial charge in [0.2, 0.25) is 0 Å². The fourth-order valence-corrected chi connectivity index (χ4v) is 14.2. The second-order valence-electron chi connectivity index (χ2n) is 28.1. The standard InChI is InChI=1S/C22H24N4O2.2C21H22N4O2.C16H11BrN2O2.C7H15N.CH3F.CH4O.Na.H2O/c1-25-11-6-12-26(14-13-25)21-20(16-7-4-3-5-8-16)23-18-10-9-17(22(27)28-2)15-19(18)24-21;2*1-24-10-5-11-25(13-12-24)20-19(15-6-3-2-4-7-15)22-17-9-8-16(21(26)27)14-18(17)23-20;1-21-16(20)11-7-8-12-13(9-11)19-15(17)14(18-12)10-5-3-2-4-6-10;1-8-6-4-2-3-5-7-8;2*1-2;;/h3-5,7-10,15H,6,11-14H2,1-2H3;2*2-4,6-9,14H,5,10-13H2,1H3,(H,26,27);2-9H,1H3;2-7H2,1H3;1H3;2H,1H3;;1H2/q;;;;;;;+1;/p-1/i;;;;;1D;;;. The summed E-state index contributed by atoms with van der Waals surface area (Å²) in [5.74, 6) is -0.141. The number of anilines is 3. The number of aliphatic hydroxyl groups excluding tert-OH is 1. The number of benzene rings is 8. The van der Waals surface area contributed by atoms with E-state index < -0.39 is 19.1 Å². The number of fused-ring (bicyclic) bond motifs is 4. The van der Waals surface area contributed by atoms with Gasteiger partial charge in [0.15, 0.2) is 17.5 Å². The molecule has 0 radical (unpaired) electrons. The molecule has 0 unspecified atom stereocenters. The Balaban J connectivity index is 0.000000186. The molecule has 0 atom stereocenters. The summed E-state index contributed by atoms with van der Waals surface area (Å²) in [7, 11) is 11.4. The monoisotopic (exact) mass is 1660 g/mol. The van der Waals surface area contributed by atoms with Crippen LogP contribution in [0.2, 0.25) is 0 Å². The van der Waals surface area contributed by atoms with Crippen LogP contribution in [0, 0.1) is 0 Å². The number of aromatic carboxylic acids is 2. The van der Waals surface area contributed by atoms with Crippen LogP contribution in [-0.2, 0) is 9.47 Å². The van der Waals surface area contributed by atoms with Crippen molar-refractivity contribution in [2.75, 3.05) is 163 Å². The Morgan fingerprint density at radius 1 is 0.350 bits per heavy atom. The van der Waals surface area contributed by atoms with Crippen LogP contribution < -0.4 is 44.3 Å². The molecular formula is C89H102BrFN15NaO10. The third-order valence-corrected chi connectivity index (χ3v) is 20.5. The first-order valence-electron chi connectivity index (χ1n) is 39.2. The SMILES string of the molecule is CN1CCCCCC1.CN1CCCN(c2nc3cc(C(=O)O)ccc3nc2-c2ccccc2)CC1.CN1CCCN(c2nc3cc(C(=O)O)ccc3nc2-c2ccccc2)CC1.CO.COC(=O)c1ccc2nc(-c3ccccc3)c(Br)nc2c1.COC(=O)c1ccc2nc(-c3ccccc3)c(N3CCCN(C)CC3)nc2c1.[2H]CF.[Na+].[OH-]. The topological polar surface area (TPSA) is 303 Å². The van der Waals surface area contributed by atoms with Gasteiger partial charge in [0.1, 0.15) is 27.4 Å². The van der Waals surface area contributed by atoms with Gasteiger partial charge in [-0.3, -0.25) is 4.39 Å². The Hall–Kier alpha value is -10.4. The molecule has 16 rings (SSSR count). The van der Waals surface area contributed by atoms with Gasteiger partial charge in [0.25, 0.3) is 0 Å². The van der Waals surface area contributed by atoms with Gasteiger partial charge in [0.05, 0.1) is 89.1 Å². The summed E-state index contributed by atoms with van der Waals surface area (Å²) in [6.07, 6.45) is 8.91. The average molecular weight is 1660 g/mol. The largest absolute Gasteiger partial charge is 1.00 e. The predicted octanol–water partition coefficient (Wildman–Crippen LogP) is 11.9. The first-order valence-corrected chi connectivity index (χ1v) is 39.2. The first-order chi connectivity index (χ1) is 56.4. The maximum Gasteiger partial charge on any atom is 1.00 e. The number of nitrogens with zero attached hydrogens (tertiary/aromatic N) is 15. The molecule has 28 heteroatoms. The van der Waals surface area contributed by atoms with Crippen molar-refractivity contribution in [1.29, 1.82) is 0 Å². The van der Waals surface area contributed by atoms with Crippen molar-refractivity contribution in [2.24, 2.45) is 0 Å². The Morgan fingerprint density at radius 2 is 0.607 bits per heavy atom. The Bertz CT molecular complexity index is 5070. The molecule has 12 aromatic rings. The number of carboxylic acid groups (broad SMARTS) is 2. The van der Waals surface area contributed by atoms with Crippen LogP contribution in [0.1, 0.15) is 87.7 Å². The molecule has 8 aromatic carbocycles. The van der Waals surface area contributed by atoms with Crippen LogP contribution in [-0.4, -0.2) is 252 Å². The second kappa shape index (κ2) is 46.5. The quantitative estimate of drug-likeness (QED) is 0.0800. The van der Waals surface area contributed by atoms with E-state index in [0.717, 1.165) is 178 Å². The van der Waals surface area contributed by atoms with Crippen molar-refractivity contribution in [1.82, 2.24) is 59.5 Å². The molecule has 117 heavy (non-hydrogen) atoms. The zero-order valence-corrected chi connectivity index (χ0v) is 71.3. The fourth-order valence-electron chi connectivity index (χ4n) is 13.7. The number of alkyl halides is 1. The molecule has 25 nitrogen and oxygen atoms in total. The van der Waals surface area contributed by atoms with E-state index >= 15 is 0 Å². The van der Waals surface area contributed by atoms with Gasteiger partial charge in [-0.25, -0.2) is 59.0 Å². The number of esters is 2. The molecular weight excluding hydrogens is 1560 g/mol. The van der Waals surface area contributed by atoms with E-state index in [-0.39, 0.29) is 58.1 Å². The van der Waals surface area contributed by atoms with E-state index in [0.29, 0.717) is 48.8 Å². The maximum absolute atomic E-state index is 11.9. The van der Waals surface area contributed by atoms with Crippen LogP contribution in [0.3, 0.4) is 0 Å². The van der Waals surface area contributed by atoms with Crippen molar-refractivity contribution in [2.45, 2.75) is 44.9 Å². The molecule has 8 heterocycles. The van der Waals surface area contributed by atoms with E-state index in [9.17, 15) is 33.8 Å². The van der Waals surface area contributed by atoms with Gasteiger partial charge in [-0.15, -0.1) is 0 Å². The molecule has 0 spiro atoms. The molecule has 0 bridgehead atoms. The normalized spacial score (nSPS) is 14.8.